The lowest BCUT2D eigenvalue weighted by Crippen LogP contribution is -2.44. The number of carbonyl (C=O) groups excluding carboxylic acids is 3. The van der Waals surface area contributed by atoms with E-state index in [4.69, 9.17) is 18.9 Å². The number of likely N-dealkylation sites (N-methyl/N-ethyl adjacent to an activating group) is 1. The molecule has 0 aromatic rings. The van der Waals surface area contributed by atoms with Crippen LogP contribution in [-0.2, 0) is 33.3 Å². The first kappa shape index (κ1) is 75.2. The number of esters is 2. The van der Waals surface area contributed by atoms with Gasteiger partial charge in [-0.3, -0.25) is 9.59 Å². The zero-order chi connectivity index (χ0) is 57.6. The summed E-state index contributed by atoms with van der Waals surface area (Å²) in [6.45, 7) is 4.51. The molecular weight excluding hydrogens is 983 g/mol. The molecule has 0 aliphatic rings. The van der Waals surface area contributed by atoms with Crippen molar-refractivity contribution in [1.82, 2.24) is 0 Å². The van der Waals surface area contributed by atoms with Gasteiger partial charge in [0.15, 0.2) is 12.4 Å². The topological polar surface area (TPSA) is 111 Å². The number of nitrogens with zero attached hydrogens (tertiary/aromatic N) is 1. The van der Waals surface area contributed by atoms with Gasteiger partial charge in [-0.25, -0.2) is 0 Å². The van der Waals surface area contributed by atoms with Crippen LogP contribution in [-0.4, -0.2) is 82.3 Å². The molecule has 0 fully saturated rings. The van der Waals surface area contributed by atoms with Crippen LogP contribution in [0.4, 0.5) is 0 Å². The molecule has 0 saturated carbocycles. The number of rotatable bonds is 59. The van der Waals surface area contributed by atoms with Crippen LogP contribution in [0.15, 0.2) is 97.2 Å². The highest BCUT2D eigenvalue weighted by atomic mass is 16.7. The molecule has 2 atom stereocenters. The second-order valence-corrected chi connectivity index (χ2v) is 22.6. The number of carboxylic acids is 1. The maximum Gasteiger partial charge on any atom is 0.306 e. The van der Waals surface area contributed by atoms with Crippen molar-refractivity contribution >= 4 is 17.9 Å². The minimum Gasteiger partial charge on any atom is -0.545 e. The Kier molecular flexibility index (Phi) is 57.4. The van der Waals surface area contributed by atoms with E-state index in [9.17, 15) is 19.5 Å². The van der Waals surface area contributed by atoms with Crippen LogP contribution in [0.3, 0.4) is 0 Å². The van der Waals surface area contributed by atoms with Gasteiger partial charge in [0.2, 0.25) is 0 Å². The number of ether oxygens (including phenoxy) is 4. The molecule has 0 spiro atoms. The molecule has 0 rings (SSSR count). The van der Waals surface area contributed by atoms with Crippen LogP contribution in [0.2, 0.25) is 0 Å². The summed E-state index contributed by atoms with van der Waals surface area (Å²) in [5.74, 6) is -2.31. The molecule has 0 N–H and O–H groups in total. The third kappa shape index (κ3) is 61.7. The Hall–Kier alpha value is -3.79. The summed E-state index contributed by atoms with van der Waals surface area (Å²) in [5.41, 5.74) is 0. The Bertz CT molecular complexity index is 1620. The Morgan fingerprint density at radius 3 is 1.01 bits per heavy atom. The monoisotopic (exact) mass is 1100 g/mol. The first-order valence-corrected chi connectivity index (χ1v) is 32.4. The highest BCUT2D eigenvalue weighted by Gasteiger charge is 2.22. The van der Waals surface area contributed by atoms with Crippen LogP contribution in [0.25, 0.3) is 0 Å². The normalized spacial score (nSPS) is 13.4. The van der Waals surface area contributed by atoms with Gasteiger partial charge >= 0.3 is 11.9 Å². The maximum atomic E-state index is 12.9. The molecule has 0 aromatic heterocycles. The third-order valence-electron chi connectivity index (χ3n) is 13.8. The number of unbranched alkanes of at least 4 members (excludes halogenated alkanes) is 28. The SMILES string of the molecule is CC/C=C\C/C=C\C/C=C\C/C=C\CCCCCCCCCCCCCCCCCCCCCCCCCCC(=O)OC(COC(=O)CCCCCC/C=C\C/C=C\C/C=C\C/C=C\CC)COC(OCC[N+](C)(C)C)C(=O)[O-]. The number of hydrogen-bond acceptors (Lipinski definition) is 8. The number of carbonyl (C=O) groups is 3. The molecule has 0 aromatic carbocycles. The van der Waals surface area contributed by atoms with E-state index in [1.165, 1.54) is 141 Å². The van der Waals surface area contributed by atoms with E-state index in [1.54, 1.807) is 0 Å². The molecule has 0 heterocycles. The predicted octanol–water partition coefficient (Wildman–Crippen LogP) is 18.4. The van der Waals surface area contributed by atoms with Gasteiger partial charge in [0.1, 0.15) is 13.2 Å². The highest BCUT2D eigenvalue weighted by Crippen LogP contribution is 2.17. The molecule has 0 amide bonds. The molecule has 2 unspecified atom stereocenters. The fourth-order valence-electron chi connectivity index (χ4n) is 8.93. The third-order valence-corrected chi connectivity index (χ3v) is 13.8. The van der Waals surface area contributed by atoms with Crippen molar-refractivity contribution < 1.29 is 42.9 Å². The van der Waals surface area contributed by atoms with Crippen LogP contribution >= 0.6 is 0 Å². The Balaban J connectivity index is 4.04. The van der Waals surface area contributed by atoms with Crippen molar-refractivity contribution in [2.75, 3.05) is 47.5 Å². The number of hydrogen-bond donors (Lipinski definition) is 0. The highest BCUT2D eigenvalue weighted by molar-refractivity contribution is 5.70. The van der Waals surface area contributed by atoms with Gasteiger partial charge < -0.3 is 33.3 Å². The van der Waals surface area contributed by atoms with Gasteiger partial charge in [-0.1, -0.05) is 265 Å². The van der Waals surface area contributed by atoms with E-state index in [0.717, 1.165) is 89.9 Å². The summed E-state index contributed by atoms with van der Waals surface area (Å²) in [7, 11) is 5.92. The van der Waals surface area contributed by atoms with Gasteiger partial charge in [0.05, 0.1) is 40.3 Å². The average molecular weight is 1100 g/mol. The van der Waals surface area contributed by atoms with E-state index >= 15 is 0 Å². The zero-order valence-electron chi connectivity index (χ0n) is 51.7. The van der Waals surface area contributed by atoms with Gasteiger partial charge in [-0.15, -0.1) is 0 Å². The average Bonchev–Trinajstić information content (AvgIpc) is 3.42. The first-order valence-electron chi connectivity index (χ1n) is 32.4. The van der Waals surface area contributed by atoms with Crippen molar-refractivity contribution in [2.24, 2.45) is 0 Å². The predicted molar refractivity (Wildman–Crippen MR) is 334 cm³/mol. The smallest absolute Gasteiger partial charge is 0.306 e. The van der Waals surface area contributed by atoms with Crippen LogP contribution < -0.4 is 5.11 Å². The molecule has 79 heavy (non-hydrogen) atoms. The van der Waals surface area contributed by atoms with Crippen molar-refractivity contribution in [3.05, 3.63) is 97.2 Å². The van der Waals surface area contributed by atoms with Gasteiger partial charge in [0, 0.05) is 12.8 Å². The minimum absolute atomic E-state index is 0.141. The minimum atomic E-state index is -1.63. The van der Waals surface area contributed by atoms with Gasteiger partial charge in [-0.05, 0) is 89.9 Å². The molecule has 0 radical (unpaired) electrons. The lowest BCUT2D eigenvalue weighted by Gasteiger charge is -2.26. The Morgan fingerprint density at radius 2 is 0.684 bits per heavy atom. The summed E-state index contributed by atoms with van der Waals surface area (Å²) < 4.78 is 22.7. The lowest BCUT2D eigenvalue weighted by molar-refractivity contribution is -0.870. The molecule has 0 aliphatic heterocycles. The lowest BCUT2D eigenvalue weighted by atomic mass is 10.0. The number of carboxylic acid groups (broad SMARTS) is 1. The maximum absolute atomic E-state index is 12.9. The summed E-state index contributed by atoms with van der Waals surface area (Å²) in [5, 5.41) is 11.8. The summed E-state index contributed by atoms with van der Waals surface area (Å²) >= 11 is 0. The van der Waals surface area contributed by atoms with Crippen LogP contribution in [0.1, 0.15) is 271 Å². The Labute approximate surface area is 486 Å². The fourth-order valence-corrected chi connectivity index (χ4v) is 8.93. The van der Waals surface area contributed by atoms with E-state index < -0.39 is 24.3 Å². The van der Waals surface area contributed by atoms with Crippen molar-refractivity contribution in [2.45, 2.75) is 283 Å². The van der Waals surface area contributed by atoms with E-state index in [2.05, 4.69) is 111 Å². The number of quaternary nitrogens is 1. The summed E-state index contributed by atoms with van der Waals surface area (Å²) in [6, 6.07) is 0. The van der Waals surface area contributed by atoms with E-state index in [1.807, 2.05) is 21.1 Å². The van der Waals surface area contributed by atoms with Gasteiger partial charge in [-0.2, -0.15) is 0 Å². The van der Waals surface area contributed by atoms with Crippen molar-refractivity contribution in [3.63, 3.8) is 0 Å². The molecule has 0 saturated heterocycles. The second-order valence-electron chi connectivity index (χ2n) is 22.6. The molecular formula is C70H121NO8. The molecule has 9 nitrogen and oxygen atoms in total. The van der Waals surface area contributed by atoms with Crippen LogP contribution in [0, 0.1) is 0 Å². The second kappa shape index (κ2) is 60.3. The number of allylic oxidation sites excluding steroid dienone is 16. The number of aliphatic carboxylic acids is 1. The largest absolute Gasteiger partial charge is 0.545 e. The molecule has 454 valence electrons. The molecule has 0 aliphatic carbocycles. The summed E-state index contributed by atoms with van der Waals surface area (Å²) in [4.78, 5) is 37.3. The molecule has 9 heteroatoms. The fraction of sp³-hybridized carbons (Fsp3) is 0.729. The first-order chi connectivity index (χ1) is 38.6. The van der Waals surface area contributed by atoms with E-state index in [-0.39, 0.29) is 38.6 Å². The summed E-state index contributed by atoms with van der Waals surface area (Å²) in [6.07, 6.45) is 79.2. The quantitative estimate of drug-likeness (QED) is 0.0195. The standard InChI is InChI=1S/C70H121NO8/c1-6-8-10-12-14-16-18-20-22-24-25-26-27-28-29-30-31-32-33-34-35-36-37-38-39-40-41-42-43-45-47-49-51-53-55-57-59-61-68(73)79-66(65-78-70(69(74)75)76-63-62-71(3,4)5)64-77-67(72)60-58-56-54-52-50-48-46-44-23-21-19-17-15-13-11-9-7-2/h8-11,14-17,20-23,25-26,46,48,66,70H,6-7,12-13,18-19,24,27-45,47,49-65H2,1-5H3/b10-8-,11-9-,16-14-,17-15-,22-20-,23-21-,26-25-,48-46-. The van der Waals surface area contributed by atoms with Crippen LogP contribution in [0.5, 0.6) is 0 Å². The van der Waals surface area contributed by atoms with Gasteiger partial charge in [0.25, 0.3) is 0 Å². The zero-order valence-corrected chi connectivity index (χ0v) is 51.7. The molecule has 0 bridgehead atoms. The Morgan fingerprint density at radius 1 is 0.380 bits per heavy atom. The van der Waals surface area contributed by atoms with Crippen molar-refractivity contribution in [3.8, 4) is 0 Å². The van der Waals surface area contributed by atoms with E-state index in [0.29, 0.717) is 23.9 Å². The van der Waals surface area contributed by atoms with Crippen molar-refractivity contribution in [1.29, 1.82) is 0 Å².